The molecule has 8 heteroatoms. The molecule has 2 unspecified atom stereocenters. The lowest BCUT2D eigenvalue weighted by Crippen LogP contribution is -2.42. The summed E-state index contributed by atoms with van der Waals surface area (Å²) in [4.78, 5) is 8.90. The molecule has 0 saturated carbocycles. The van der Waals surface area contributed by atoms with Crippen molar-refractivity contribution in [1.29, 1.82) is 0 Å². The summed E-state index contributed by atoms with van der Waals surface area (Å²) in [5.41, 5.74) is 7.03. The number of carboxylic acids is 1. The van der Waals surface area contributed by atoms with E-state index in [2.05, 4.69) is 5.32 Å². The molecule has 1 saturated heterocycles. The molecule has 1 aliphatic rings. The van der Waals surface area contributed by atoms with Gasteiger partial charge in [-0.2, -0.15) is 13.2 Å². The summed E-state index contributed by atoms with van der Waals surface area (Å²) in [6.07, 6.45) is -3.43. The first-order valence-electron chi connectivity index (χ1n) is 6.75. The first-order chi connectivity index (χ1) is 10.2. The molecule has 2 rings (SSSR count). The normalized spacial score (nSPS) is 20.7. The van der Waals surface area contributed by atoms with Gasteiger partial charge in [-0.15, -0.1) is 0 Å². The lowest BCUT2D eigenvalue weighted by Gasteiger charge is -2.24. The van der Waals surface area contributed by atoms with Crippen molar-refractivity contribution in [2.45, 2.75) is 37.2 Å². The van der Waals surface area contributed by atoms with Crippen molar-refractivity contribution in [1.82, 2.24) is 5.32 Å². The predicted molar refractivity (Wildman–Crippen MR) is 74.1 cm³/mol. The fourth-order valence-electron chi connectivity index (χ4n) is 2.13. The van der Waals surface area contributed by atoms with Gasteiger partial charge in [0.05, 0.1) is 12.1 Å². The zero-order chi connectivity index (χ0) is 16.8. The van der Waals surface area contributed by atoms with Crippen molar-refractivity contribution in [3.8, 4) is 0 Å². The summed E-state index contributed by atoms with van der Waals surface area (Å²) in [7, 11) is 0. The second-order valence-electron chi connectivity index (χ2n) is 4.93. The van der Waals surface area contributed by atoms with Crippen LogP contribution >= 0.6 is 0 Å². The van der Waals surface area contributed by atoms with E-state index in [9.17, 15) is 18.3 Å². The third-order valence-corrected chi connectivity index (χ3v) is 3.31. The van der Waals surface area contributed by atoms with Gasteiger partial charge in [-0.25, -0.2) is 4.79 Å². The number of aliphatic carboxylic acids is 1. The quantitative estimate of drug-likeness (QED) is 0.676. The largest absolute Gasteiger partial charge is 0.490 e. The van der Waals surface area contributed by atoms with Crippen LogP contribution in [0.3, 0.4) is 0 Å². The van der Waals surface area contributed by atoms with E-state index >= 15 is 0 Å². The molecule has 1 fully saturated rings. The molecule has 1 aliphatic heterocycles. The average molecular weight is 320 g/mol. The summed E-state index contributed by atoms with van der Waals surface area (Å²) in [5, 5.41) is 20.5. The highest BCUT2D eigenvalue weighted by Gasteiger charge is 2.38. The van der Waals surface area contributed by atoms with Crippen LogP contribution < -0.4 is 11.1 Å². The van der Waals surface area contributed by atoms with Crippen LogP contribution in [0.25, 0.3) is 0 Å². The topological polar surface area (TPSA) is 95.6 Å². The van der Waals surface area contributed by atoms with Gasteiger partial charge in [-0.3, -0.25) is 0 Å². The van der Waals surface area contributed by atoms with Gasteiger partial charge in [-0.1, -0.05) is 30.3 Å². The predicted octanol–water partition coefficient (Wildman–Crippen LogP) is 1.43. The second kappa shape index (κ2) is 8.11. The smallest absolute Gasteiger partial charge is 0.475 e. The highest BCUT2D eigenvalue weighted by molar-refractivity contribution is 5.73. The Morgan fingerprint density at radius 3 is 2.27 bits per heavy atom. The van der Waals surface area contributed by atoms with E-state index in [1.54, 1.807) is 0 Å². The minimum atomic E-state index is -5.08. The van der Waals surface area contributed by atoms with Gasteiger partial charge in [-0.05, 0) is 24.9 Å². The zero-order valence-electron chi connectivity index (χ0n) is 11.8. The Morgan fingerprint density at radius 1 is 1.32 bits per heavy atom. The molecule has 22 heavy (non-hydrogen) atoms. The van der Waals surface area contributed by atoms with E-state index in [4.69, 9.17) is 15.6 Å². The van der Waals surface area contributed by atoms with Crippen LogP contribution in [0.4, 0.5) is 13.2 Å². The Morgan fingerprint density at radius 2 is 1.86 bits per heavy atom. The number of alkyl halides is 3. The summed E-state index contributed by atoms with van der Waals surface area (Å²) in [5.74, 6) is -2.76. The average Bonchev–Trinajstić information content (AvgIpc) is 3.00. The SMILES string of the molecule is NC(c1ccccc1)C(O)[C@H]1CCCN1.O=C(O)C(F)(F)F. The standard InChI is InChI=1S/C12H18N2O.C2HF3O2/c13-11(9-5-2-1-3-6-9)12(15)10-7-4-8-14-10;3-2(4,5)1(6)7/h1-3,5-6,10-12,14-15H,4,7-8,13H2;(H,6,7)/t10-,11?,12?;/m1./s1. The van der Waals surface area contributed by atoms with Gasteiger partial charge in [0.1, 0.15) is 0 Å². The molecule has 0 radical (unpaired) electrons. The van der Waals surface area contributed by atoms with Crippen LogP contribution in [0.2, 0.25) is 0 Å². The molecule has 0 aromatic heterocycles. The number of nitrogens with two attached hydrogens (primary N) is 1. The molecule has 5 nitrogen and oxygen atoms in total. The molecular formula is C14H19F3N2O3. The Balaban J connectivity index is 0.000000295. The van der Waals surface area contributed by atoms with E-state index in [0.717, 1.165) is 24.9 Å². The molecular weight excluding hydrogens is 301 g/mol. The van der Waals surface area contributed by atoms with Gasteiger partial charge >= 0.3 is 12.1 Å². The molecule has 0 bridgehead atoms. The number of nitrogens with one attached hydrogen (secondary N) is 1. The maximum absolute atomic E-state index is 10.6. The van der Waals surface area contributed by atoms with Crippen LogP contribution in [0, 0.1) is 0 Å². The maximum atomic E-state index is 10.6. The lowest BCUT2D eigenvalue weighted by atomic mass is 9.96. The van der Waals surface area contributed by atoms with Gasteiger partial charge in [0.25, 0.3) is 0 Å². The maximum Gasteiger partial charge on any atom is 0.490 e. The number of carboxylic acid groups (broad SMARTS) is 1. The Bertz CT molecular complexity index is 462. The highest BCUT2D eigenvalue weighted by atomic mass is 19.4. The van der Waals surface area contributed by atoms with E-state index < -0.39 is 18.2 Å². The molecule has 124 valence electrons. The summed E-state index contributed by atoms with van der Waals surface area (Å²) >= 11 is 0. The van der Waals surface area contributed by atoms with E-state index in [1.807, 2.05) is 30.3 Å². The Hall–Kier alpha value is -1.64. The van der Waals surface area contributed by atoms with E-state index in [1.165, 1.54) is 0 Å². The van der Waals surface area contributed by atoms with Gasteiger partial charge in [0.2, 0.25) is 0 Å². The van der Waals surface area contributed by atoms with Crippen molar-refractivity contribution in [3.05, 3.63) is 35.9 Å². The third-order valence-electron chi connectivity index (χ3n) is 3.31. The lowest BCUT2D eigenvalue weighted by molar-refractivity contribution is -0.192. The van der Waals surface area contributed by atoms with Crippen molar-refractivity contribution in [2.75, 3.05) is 6.54 Å². The van der Waals surface area contributed by atoms with E-state index in [-0.39, 0.29) is 12.1 Å². The molecule has 5 N–H and O–H groups in total. The second-order valence-corrected chi connectivity index (χ2v) is 4.93. The molecule has 1 heterocycles. The summed E-state index contributed by atoms with van der Waals surface area (Å²) in [6.45, 7) is 0.989. The number of carbonyl (C=O) groups is 1. The van der Waals surface area contributed by atoms with Gasteiger partial charge in [0, 0.05) is 6.04 Å². The van der Waals surface area contributed by atoms with E-state index in [0.29, 0.717) is 0 Å². The van der Waals surface area contributed by atoms with Crippen LogP contribution in [0.15, 0.2) is 30.3 Å². The number of benzene rings is 1. The van der Waals surface area contributed by atoms with Crippen LogP contribution in [-0.2, 0) is 4.79 Å². The number of hydrogen-bond acceptors (Lipinski definition) is 4. The minimum absolute atomic E-state index is 0.153. The van der Waals surface area contributed by atoms with Gasteiger partial charge in [0.15, 0.2) is 0 Å². The first kappa shape index (κ1) is 18.4. The summed E-state index contributed by atoms with van der Waals surface area (Å²) < 4.78 is 31.7. The Labute approximate surface area is 125 Å². The third kappa shape index (κ3) is 5.63. The number of aliphatic hydroxyl groups is 1. The van der Waals surface area contributed by atoms with Crippen LogP contribution in [0.5, 0.6) is 0 Å². The monoisotopic (exact) mass is 320 g/mol. The molecule has 1 aromatic carbocycles. The van der Waals surface area contributed by atoms with Gasteiger partial charge < -0.3 is 21.3 Å². The van der Waals surface area contributed by atoms with Crippen LogP contribution in [-0.4, -0.2) is 41.0 Å². The molecule has 1 aromatic rings. The number of aliphatic hydroxyl groups excluding tert-OH is 1. The Kier molecular flexibility index (Phi) is 6.79. The first-order valence-corrected chi connectivity index (χ1v) is 6.75. The van der Waals surface area contributed by atoms with Crippen molar-refractivity contribution >= 4 is 5.97 Å². The number of rotatable bonds is 3. The van der Waals surface area contributed by atoms with Crippen molar-refractivity contribution in [2.24, 2.45) is 5.73 Å². The summed E-state index contributed by atoms with van der Waals surface area (Å²) in [6, 6.07) is 9.64. The highest BCUT2D eigenvalue weighted by Crippen LogP contribution is 2.20. The molecule has 0 spiro atoms. The molecule has 0 aliphatic carbocycles. The number of hydrogen-bond donors (Lipinski definition) is 4. The minimum Gasteiger partial charge on any atom is -0.475 e. The molecule has 3 atom stereocenters. The van der Waals surface area contributed by atoms with Crippen molar-refractivity contribution < 1.29 is 28.2 Å². The number of halogens is 3. The fourth-order valence-corrected chi connectivity index (χ4v) is 2.13. The molecule has 0 amide bonds. The zero-order valence-corrected chi connectivity index (χ0v) is 11.8. The van der Waals surface area contributed by atoms with Crippen LogP contribution in [0.1, 0.15) is 24.4 Å². The van der Waals surface area contributed by atoms with Crippen molar-refractivity contribution in [3.63, 3.8) is 0 Å². The fraction of sp³-hybridized carbons (Fsp3) is 0.500.